The van der Waals surface area contributed by atoms with Crippen LogP contribution >= 0.6 is 11.8 Å². The van der Waals surface area contributed by atoms with Crippen LogP contribution in [-0.2, 0) is 9.47 Å². The van der Waals surface area contributed by atoms with E-state index in [1.165, 1.54) is 0 Å². The quantitative estimate of drug-likeness (QED) is 0.561. The molecule has 0 aromatic carbocycles. The molecule has 110 valence electrons. The normalized spacial score (nSPS) is 13.8. The number of nitrogens with one attached hydrogen (secondary N) is 1. The fourth-order valence-corrected chi connectivity index (χ4v) is 1.53. The van der Waals surface area contributed by atoms with Gasteiger partial charge in [0.25, 0.3) is 0 Å². The fourth-order valence-electron chi connectivity index (χ4n) is 1.05. The molecule has 1 unspecified atom stereocenters. The summed E-state index contributed by atoms with van der Waals surface area (Å²) < 4.78 is 45.4. The zero-order chi connectivity index (χ0) is 13.9. The molecule has 0 amide bonds. The Labute approximate surface area is 109 Å². The van der Waals surface area contributed by atoms with Crippen molar-refractivity contribution in [1.82, 2.24) is 5.32 Å². The molecule has 0 aliphatic heterocycles. The van der Waals surface area contributed by atoms with E-state index in [-0.39, 0.29) is 37.2 Å². The predicted molar refractivity (Wildman–Crippen MR) is 64.7 cm³/mol. The maximum atomic E-state index is 11.8. The third kappa shape index (κ3) is 14.0. The van der Waals surface area contributed by atoms with Gasteiger partial charge in [-0.3, -0.25) is 0 Å². The Bertz CT molecular complexity index is 196. The van der Waals surface area contributed by atoms with E-state index in [0.29, 0.717) is 19.8 Å². The molecule has 4 nitrogen and oxygen atoms in total. The minimum Gasteiger partial charge on any atom is -0.389 e. The van der Waals surface area contributed by atoms with Gasteiger partial charge in [-0.1, -0.05) is 0 Å². The number of hydrogen-bond donors (Lipinski definition) is 2. The van der Waals surface area contributed by atoms with Crippen LogP contribution in [0.2, 0.25) is 0 Å². The first kappa shape index (κ1) is 18.0. The van der Waals surface area contributed by atoms with Crippen molar-refractivity contribution in [2.24, 2.45) is 0 Å². The molecule has 2 N–H and O–H groups in total. The van der Waals surface area contributed by atoms with Crippen LogP contribution in [0.3, 0.4) is 0 Å². The second-order valence-electron chi connectivity index (χ2n) is 3.42. The molecule has 0 bridgehead atoms. The van der Waals surface area contributed by atoms with Crippen LogP contribution in [0.5, 0.6) is 0 Å². The summed E-state index contributed by atoms with van der Waals surface area (Å²) in [5.41, 5.74) is -4.19. The molecular formula is C10H20F3NO3S. The number of hydrogen-bond acceptors (Lipinski definition) is 5. The van der Waals surface area contributed by atoms with E-state index in [1.54, 1.807) is 0 Å². The average molecular weight is 291 g/mol. The molecule has 0 aromatic heterocycles. The largest absolute Gasteiger partial charge is 0.441 e. The highest BCUT2D eigenvalue weighted by molar-refractivity contribution is 8.00. The lowest BCUT2D eigenvalue weighted by Gasteiger charge is -2.12. The van der Waals surface area contributed by atoms with Gasteiger partial charge in [-0.15, -0.1) is 0 Å². The van der Waals surface area contributed by atoms with E-state index in [4.69, 9.17) is 9.47 Å². The Balaban J connectivity index is 3.24. The van der Waals surface area contributed by atoms with Gasteiger partial charge in [-0.25, -0.2) is 0 Å². The molecule has 0 rings (SSSR count). The molecule has 0 saturated heterocycles. The minimum atomic E-state index is -4.19. The van der Waals surface area contributed by atoms with Gasteiger partial charge in [-0.05, 0) is 18.7 Å². The minimum absolute atomic E-state index is 0.0680. The average Bonchev–Trinajstić information content (AvgIpc) is 2.27. The Kier molecular flexibility index (Phi) is 10.8. The molecule has 0 aromatic rings. The van der Waals surface area contributed by atoms with Crippen molar-refractivity contribution < 1.29 is 27.8 Å². The predicted octanol–water partition coefficient (Wildman–Crippen LogP) is 1.24. The summed E-state index contributed by atoms with van der Waals surface area (Å²) in [6, 6.07) is 0. The van der Waals surface area contributed by atoms with Crippen molar-refractivity contribution in [2.45, 2.75) is 18.5 Å². The van der Waals surface area contributed by atoms with Crippen LogP contribution in [-0.4, -0.2) is 62.0 Å². The van der Waals surface area contributed by atoms with Gasteiger partial charge in [0.15, 0.2) is 0 Å². The maximum absolute atomic E-state index is 11.8. The summed E-state index contributed by atoms with van der Waals surface area (Å²) in [4.78, 5) is 0. The summed E-state index contributed by atoms with van der Waals surface area (Å²) in [6.07, 6.45) is -0.720. The van der Waals surface area contributed by atoms with Gasteiger partial charge in [-0.2, -0.15) is 13.2 Å². The summed E-state index contributed by atoms with van der Waals surface area (Å²) >= 11 is -0.0797. The van der Waals surface area contributed by atoms with Gasteiger partial charge < -0.3 is 19.9 Å². The molecule has 0 fully saturated rings. The van der Waals surface area contributed by atoms with Crippen molar-refractivity contribution >= 4 is 11.8 Å². The first-order chi connectivity index (χ1) is 8.45. The summed E-state index contributed by atoms with van der Waals surface area (Å²) in [7, 11) is 0. The highest BCUT2D eigenvalue weighted by atomic mass is 32.2. The van der Waals surface area contributed by atoms with E-state index < -0.39 is 11.6 Å². The zero-order valence-corrected chi connectivity index (χ0v) is 11.1. The molecule has 0 saturated carbocycles. The van der Waals surface area contributed by atoms with Crippen molar-refractivity contribution in [1.29, 1.82) is 0 Å². The number of alkyl halides is 3. The standard InChI is InChI=1S/C10H20F3NO3S/c1-2-16-4-5-17-8-9(15)7-14-3-6-18-10(11,12)13/h9,14-15H,2-8H2,1H3. The van der Waals surface area contributed by atoms with Crippen LogP contribution in [0.4, 0.5) is 13.2 Å². The summed E-state index contributed by atoms with van der Waals surface area (Å²) in [6.45, 7) is 3.91. The third-order valence-electron chi connectivity index (χ3n) is 1.81. The number of aliphatic hydroxyl groups excluding tert-OH is 1. The first-order valence-corrected chi connectivity index (χ1v) is 6.69. The Morgan fingerprint density at radius 1 is 1.28 bits per heavy atom. The number of thioether (sulfide) groups is 1. The SMILES string of the molecule is CCOCCOCC(O)CNCCSC(F)(F)F. The molecule has 0 heterocycles. The lowest BCUT2D eigenvalue weighted by Crippen LogP contribution is -2.32. The highest BCUT2D eigenvalue weighted by Crippen LogP contribution is 2.29. The number of halogens is 3. The summed E-state index contributed by atoms with van der Waals surface area (Å²) in [5.74, 6) is -0.0680. The van der Waals surface area contributed by atoms with E-state index in [1.807, 2.05) is 6.92 Å². The van der Waals surface area contributed by atoms with Crippen molar-refractivity contribution in [3.05, 3.63) is 0 Å². The Morgan fingerprint density at radius 2 is 1.94 bits per heavy atom. The summed E-state index contributed by atoms with van der Waals surface area (Å²) in [5, 5.41) is 12.1. The lowest BCUT2D eigenvalue weighted by molar-refractivity contribution is -0.0327. The second-order valence-corrected chi connectivity index (χ2v) is 4.58. The zero-order valence-electron chi connectivity index (χ0n) is 10.3. The molecule has 0 radical (unpaired) electrons. The van der Waals surface area contributed by atoms with Crippen molar-refractivity contribution in [2.75, 3.05) is 45.3 Å². The number of rotatable bonds is 11. The van der Waals surface area contributed by atoms with Gasteiger partial charge in [0.05, 0.1) is 25.9 Å². The Hall–Kier alpha value is -0.0200. The topological polar surface area (TPSA) is 50.7 Å². The second kappa shape index (κ2) is 10.9. The molecule has 0 aliphatic carbocycles. The molecule has 8 heteroatoms. The van der Waals surface area contributed by atoms with Gasteiger partial charge >= 0.3 is 5.51 Å². The smallest absolute Gasteiger partial charge is 0.389 e. The van der Waals surface area contributed by atoms with Crippen LogP contribution in [0.1, 0.15) is 6.92 Å². The van der Waals surface area contributed by atoms with Gasteiger partial charge in [0.2, 0.25) is 0 Å². The van der Waals surface area contributed by atoms with Crippen LogP contribution in [0, 0.1) is 0 Å². The highest BCUT2D eigenvalue weighted by Gasteiger charge is 2.27. The van der Waals surface area contributed by atoms with Crippen molar-refractivity contribution in [3.63, 3.8) is 0 Å². The number of ether oxygens (including phenoxy) is 2. The molecular weight excluding hydrogens is 271 g/mol. The fraction of sp³-hybridized carbons (Fsp3) is 1.00. The van der Waals surface area contributed by atoms with E-state index in [0.717, 1.165) is 0 Å². The molecule has 0 spiro atoms. The van der Waals surface area contributed by atoms with E-state index >= 15 is 0 Å². The molecule has 18 heavy (non-hydrogen) atoms. The van der Waals surface area contributed by atoms with Crippen molar-refractivity contribution in [3.8, 4) is 0 Å². The van der Waals surface area contributed by atoms with E-state index in [2.05, 4.69) is 5.32 Å². The Morgan fingerprint density at radius 3 is 2.56 bits per heavy atom. The molecule has 1 atom stereocenters. The number of aliphatic hydroxyl groups is 1. The third-order valence-corrected chi connectivity index (χ3v) is 2.55. The first-order valence-electron chi connectivity index (χ1n) is 5.70. The maximum Gasteiger partial charge on any atom is 0.441 e. The van der Waals surface area contributed by atoms with Crippen LogP contribution in [0.25, 0.3) is 0 Å². The monoisotopic (exact) mass is 291 g/mol. The van der Waals surface area contributed by atoms with E-state index in [9.17, 15) is 18.3 Å². The van der Waals surface area contributed by atoms with Crippen LogP contribution in [0.15, 0.2) is 0 Å². The van der Waals surface area contributed by atoms with Gasteiger partial charge in [0, 0.05) is 25.4 Å². The molecule has 0 aliphatic rings. The lowest BCUT2D eigenvalue weighted by atomic mass is 10.4. The van der Waals surface area contributed by atoms with Gasteiger partial charge in [0.1, 0.15) is 0 Å². The van der Waals surface area contributed by atoms with Crippen LogP contribution < -0.4 is 5.32 Å².